The first kappa shape index (κ1) is 18.5. The van der Waals surface area contributed by atoms with Crippen molar-refractivity contribution in [3.05, 3.63) is 36.4 Å². The Morgan fingerprint density at radius 3 is 2.30 bits per heavy atom. The Morgan fingerprint density at radius 2 is 1.74 bits per heavy atom. The maximum Gasteiger partial charge on any atom is 0.235 e. The van der Waals surface area contributed by atoms with Gasteiger partial charge >= 0.3 is 0 Å². The van der Waals surface area contributed by atoms with Crippen LogP contribution in [0.25, 0.3) is 0 Å². The van der Waals surface area contributed by atoms with Crippen LogP contribution < -0.4 is 20.1 Å². The van der Waals surface area contributed by atoms with Gasteiger partial charge in [-0.05, 0) is 31.5 Å². The molecule has 2 N–H and O–H groups in total. The predicted octanol–water partition coefficient (Wildman–Crippen LogP) is 1.65. The van der Waals surface area contributed by atoms with Crippen molar-refractivity contribution >= 4 is 11.8 Å². The molecule has 126 valence electrons. The van der Waals surface area contributed by atoms with Crippen LogP contribution in [-0.4, -0.2) is 32.6 Å². The molecular formula is C17H24N2O4. The van der Waals surface area contributed by atoms with Crippen LogP contribution in [-0.2, 0) is 16.1 Å². The quantitative estimate of drug-likeness (QED) is 0.564. The lowest BCUT2D eigenvalue weighted by atomic mass is 9.91. The monoisotopic (exact) mass is 320 g/mol. The first-order valence-corrected chi connectivity index (χ1v) is 7.25. The Bertz CT molecular complexity index is 582. The van der Waals surface area contributed by atoms with Crippen molar-refractivity contribution in [2.75, 3.05) is 20.8 Å². The van der Waals surface area contributed by atoms with E-state index in [0.717, 1.165) is 5.56 Å². The zero-order valence-corrected chi connectivity index (χ0v) is 14.1. The number of nitrogens with one attached hydrogen (secondary N) is 2. The molecule has 1 rings (SSSR count). The standard InChI is InChI=1S/C17H24N2O4/c1-6-9-18-15(20)17(2,3)16(21)19-11-12-7-8-13(22-4)14(10-12)23-5/h6-8,10H,1,9,11H2,2-5H3,(H,18,20)(H,19,21). The molecule has 0 spiro atoms. The zero-order valence-electron chi connectivity index (χ0n) is 14.1. The predicted molar refractivity (Wildman–Crippen MR) is 88.4 cm³/mol. The maximum absolute atomic E-state index is 12.3. The Labute approximate surface area is 136 Å². The van der Waals surface area contributed by atoms with Gasteiger partial charge in [-0.15, -0.1) is 6.58 Å². The van der Waals surface area contributed by atoms with Gasteiger partial charge in [0.05, 0.1) is 14.2 Å². The summed E-state index contributed by atoms with van der Waals surface area (Å²) in [5, 5.41) is 5.39. The smallest absolute Gasteiger partial charge is 0.235 e. The highest BCUT2D eigenvalue weighted by atomic mass is 16.5. The minimum Gasteiger partial charge on any atom is -0.493 e. The van der Waals surface area contributed by atoms with Gasteiger partial charge in [-0.3, -0.25) is 9.59 Å². The van der Waals surface area contributed by atoms with E-state index in [1.54, 1.807) is 46.3 Å². The molecule has 0 unspecified atom stereocenters. The SMILES string of the molecule is C=CCNC(=O)C(C)(C)C(=O)NCc1ccc(OC)c(OC)c1. The van der Waals surface area contributed by atoms with Crippen molar-refractivity contribution in [1.82, 2.24) is 10.6 Å². The molecule has 0 aliphatic heterocycles. The summed E-state index contributed by atoms with van der Waals surface area (Å²) < 4.78 is 10.4. The average molecular weight is 320 g/mol. The average Bonchev–Trinajstić information content (AvgIpc) is 2.56. The van der Waals surface area contributed by atoms with Crippen LogP contribution in [0, 0.1) is 5.41 Å². The summed E-state index contributed by atoms with van der Waals surface area (Å²) in [6.07, 6.45) is 1.56. The van der Waals surface area contributed by atoms with E-state index in [9.17, 15) is 9.59 Å². The van der Waals surface area contributed by atoms with Crippen LogP contribution in [0.3, 0.4) is 0 Å². The van der Waals surface area contributed by atoms with E-state index in [1.165, 1.54) is 0 Å². The van der Waals surface area contributed by atoms with Crippen molar-refractivity contribution in [1.29, 1.82) is 0 Å². The van der Waals surface area contributed by atoms with Gasteiger partial charge in [0, 0.05) is 13.1 Å². The largest absolute Gasteiger partial charge is 0.493 e. The van der Waals surface area contributed by atoms with Gasteiger partial charge in [0.2, 0.25) is 11.8 Å². The fourth-order valence-corrected chi connectivity index (χ4v) is 1.88. The molecule has 0 heterocycles. The molecule has 0 aliphatic rings. The summed E-state index contributed by atoms with van der Waals surface area (Å²) >= 11 is 0. The Balaban J connectivity index is 2.71. The number of carbonyl (C=O) groups is 2. The topological polar surface area (TPSA) is 76.7 Å². The molecule has 1 aromatic carbocycles. The lowest BCUT2D eigenvalue weighted by Gasteiger charge is -2.22. The second kappa shape index (κ2) is 8.22. The molecule has 0 saturated carbocycles. The third-order valence-electron chi connectivity index (χ3n) is 3.44. The molecule has 0 saturated heterocycles. The van der Waals surface area contributed by atoms with E-state index >= 15 is 0 Å². The number of carbonyl (C=O) groups excluding carboxylic acids is 2. The van der Waals surface area contributed by atoms with Gasteiger partial charge in [-0.1, -0.05) is 12.1 Å². The highest BCUT2D eigenvalue weighted by molar-refractivity contribution is 6.04. The van der Waals surface area contributed by atoms with Crippen LogP contribution in [0.5, 0.6) is 11.5 Å². The summed E-state index contributed by atoms with van der Waals surface area (Å²) in [6, 6.07) is 5.37. The highest BCUT2D eigenvalue weighted by Gasteiger charge is 2.35. The lowest BCUT2D eigenvalue weighted by Crippen LogP contribution is -2.47. The molecule has 23 heavy (non-hydrogen) atoms. The number of hydrogen-bond donors (Lipinski definition) is 2. The van der Waals surface area contributed by atoms with Crippen molar-refractivity contribution in [2.24, 2.45) is 5.41 Å². The summed E-state index contributed by atoms with van der Waals surface area (Å²) in [4.78, 5) is 24.3. The van der Waals surface area contributed by atoms with Crippen molar-refractivity contribution in [3.8, 4) is 11.5 Å². The molecule has 0 radical (unpaired) electrons. The molecule has 0 bridgehead atoms. The Hall–Kier alpha value is -2.50. The number of amides is 2. The minimum absolute atomic E-state index is 0.289. The second-order valence-electron chi connectivity index (χ2n) is 5.50. The molecule has 0 aromatic heterocycles. The zero-order chi connectivity index (χ0) is 17.5. The summed E-state index contributed by atoms with van der Waals surface area (Å²) in [5.41, 5.74) is -0.321. The number of rotatable bonds is 8. The van der Waals surface area contributed by atoms with Crippen LogP contribution >= 0.6 is 0 Å². The van der Waals surface area contributed by atoms with E-state index in [-0.39, 0.29) is 18.4 Å². The highest BCUT2D eigenvalue weighted by Crippen LogP contribution is 2.27. The third-order valence-corrected chi connectivity index (χ3v) is 3.44. The van der Waals surface area contributed by atoms with Crippen molar-refractivity contribution in [2.45, 2.75) is 20.4 Å². The molecule has 6 heteroatoms. The van der Waals surface area contributed by atoms with Gasteiger partial charge in [0.15, 0.2) is 11.5 Å². The first-order valence-electron chi connectivity index (χ1n) is 7.25. The molecule has 2 amide bonds. The molecular weight excluding hydrogens is 296 g/mol. The fraction of sp³-hybridized carbons (Fsp3) is 0.412. The van der Waals surface area contributed by atoms with Crippen molar-refractivity contribution in [3.63, 3.8) is 0 Å². The maximum atomic E-state index is 12.3. The van der Waals surface area contributed by atoms with Gasteiger partial charge in [-0.25, -0.2) is 0 Å². The first-order chi connectivity index (χ1) is 10.9. The molecule has 1 aromatic rings. The van der Waals surface area contributed by atoms with Gasteiger partial charge < -0.3 is 20.1 Å². The van der Waals surface area contributed by atoms with Crippen LogP contribution in [0.4, 0.5) is 0 Å². The van der Waals surface area contributed by atoms with E-state index in [2.05, 4.69) is 17.2 Å². The molecule has 6 nitrogen and oxygen atoms in total. The van der Waals surface area contributed by atoms with E-state index in [0.29, 0.717) is 18.0 Å². The molecule has 0 fully saturated rings. The summed E-state index contributed by atoms with van der Waals surface area (Å²) in [7, 11) is 3.11. The molecule has 0 aliphatic carbocycles. The number of hydrogen-bond acceptors (Lipinski definition) is 4. The van der Waals surface area contributed by atoms with Gasteiger partial charge in [0.25, 0.3) is 0 Å². The Kier molecular flexibility index (Phi) is 6.63. The second-order valence-corrected chi connectivity index (χ2v) is 5.50. The summed E-state index contributed by atoms with van der Waals surface area (Å²) in [5.74, 6) is 0.505. The number of methoxy groups -OCH3 is 2. The van der Waals surface area contributed by atoms with E-state index < -0.39 is 5.41 Å². The minimum atomic E-state index is -1.17. The van der Waals surface area contributed by atoms with Crippen LogP contribution in [0.15, 0.2) is 30.9 Å². The Morgan fingerprint density at radius 1 is 1.13 bits per heavy atom. The van der Waals surface area contributed by atoms with Gasteiger partial charge in [-0.2, -0.15) is 0 Å². The molecule has 0 atom stereocenters. The fourth-order valence-electron chi connectivity index (χ4n) is 1.88. The van der Waals surface area contributed by atoms with Gasteiger partial charge in [0.1, 0.15) is 5.41 Å². The number of benzene rings is 1. The van der Waals surface area contributed by atoms with Crippen molar-refractivity contribution < 1.29 is 19.1 Å². The number of ether oxygens (including phenoxy) is 2. The lowest BCUT2D eigenvalue weighted by molar-refractivity contribution is -0.141. The van der Waals surface area contributed by atoms with Crippen LogP contribution in [0.2, 0.25) is 0 Å². The van der Waals surface area contributed by atoms with E-state index in [4.69, 9.17) is 9.47 Å². The van der Waals surface area contributed by atoms with E-state index in [1.807, 2.05) is 6.07 Å². The van der Waals surface area contributed by atoms with Crippen LogP contribution in [0.1, 0.15) is 19.4 Å². The summed E-state index contributed by atoms with van der Waals surface area (Å²) in [6.45, 7) is 7.30. The normalized spacial score (nSPS) is 10.6. The third kappa shape index (κ3) is 4.74.